The SMILES string of the molecule is COc1ccc(CNC(=O)C(C)N(Cc2ccccc2)C(=O)CCc2ccccc2)cc1. The molecule has 0 saturated carbocycles. The van der Waals surface area contributed by atoms with Crippen molar-refractivity contribution in [2.75, 3.05) is 7.11 Å². The first-order valence-electron chi connectivity index (χ1n) is 10.8. The maximum absolute atomic E-state index is 13.1. The van der Waals surface area contributed by atoms with Gasteiger partial charge in [0.2, 0.25) is 11.8 Å². The summed E-state index contributed by atoms with van der Waals surface area (Å²) < 4.78 is 5.17. The Morgan fingerprint density at radius 3 is 2.03 bits per heavy atom. The molecule has 0 saturated heterocycles. The Bertz CT molecular complexity index is 988. The van der Waals surface area contributed by atoms with Crippen LogP contribution in [0.25, 0.3) is 0 Å². The molecule has 0 aliphatic carbocycles. The summed E-state index contributed by atoms with van der Waals surface area (Å²) >= 11 is 0. The molecule has 0 heterocycles. The summed E-state index contributed by atoms with van der Waals surface area (Å²) in [6, 6.07) is 26.7. The van der Waals surface area contributed by atoms with E-state index >= 15 is 0 Å². The fraction of sp³-hybridized carbons (Fsp3) is 0.259. The van der Waals surface area contributed by atoms with Crippen LogP contribution < -0.4 is 10.1 Å². The Morgan fingerprint density at radius 2 is 1.44 bits per heavy atom. The van der Waals surface area contributed by atoms with Crippen molar-refractivity contribution in [2.45, 2.75) is 38.9 Å². The van der Waals surface area contributed by atoms with Crippen molar-refractivity contribution in [3.8, 4) is 5.75 Å². The molecule has 0 radical (unpaired) electrons. The van der Waals surface area contributed by atoms with Crippen molar-refractivity contribution in [2.24, 2.45) is 0 Å². The molecule has 0 aliphatic rings. The molecular weight excluding hydrogens is 400 g/mol. The van der Waals surface area contributed by atoms with E-state index in [1.807, 2.05) is 84.9 Å². The van der Waals surface area contributed by atoms with Crippen molar-refractivity contribution in [1.29, 1.82) is 0 Å². The van der Waals surface area contributed by atoms with Crippen LogP contribution in [0.4, 0.5) is 0 Å². The van der Waals surface area contributed by atoms with Gasteiger partial charge in [-0.15, -0.1) is 0 Å². The van der Waals surface area contributed by atoms with Gasteiger partial charge in [-0.05, 0) is 42.2 Å². The van der Waals surface area contributed by atoms with Crippen LogP contribution in [0.5, 0.6) is 5.75 Å². The largest absolute Gasteiger partial charge is 0.497 e. The van der Waals surface area contributed by atoms with Gasteiger partial charge in [0.05, 0.1) is 7.11 Å². The van der Waals surface area contributed by atoms with Crippen LogP contribution in [0, 0.1) is 0 Å². The highest BCUT2D eigenvalue weighted by Crippen LogP contribution is 2.14. The number of carbonyl (C=O) groups excluding carboxylic acids is 2. The minimum Gasteiger partial charge on any atom is -0.497 e. The number of hydrogen-bond acceptors (Lipinski definition) is 3. The summed E-state index contributed by atoms with van der Waals surface area (Å²) in [7, 11) is 1.62. The number of methoxy groups -OCH3 is 1. The van der Waals surface area contributed by atoms with E-state index in [4.69, 9.17) is 4.74 Å². The maximum Gasteiger partial charge on any atom is 0.242 e. The highest BCUT2D eigenvalue weighted by molar-refractivity contribution is 5.87. The summed E-state index contributed by atoms with van der Waals surface area (Å²) in [6.45, 7) is 2.57. The summed E-state index contributed by atoms with van der Waals surface area (Å²) in [6.07, 6.45) is 0.998. The fourth-order valence-corrected chi connectivity index (χ4v) is 3.48. The molecule has 1 N–H and O–H groups in total. The van der Waals surface area contributed by atoms with Crippen LogP contribution in [0.3, 0.4) is 0 Å². The molecule has 2 amide bonds. The van der Waals surface area contributed by atoms with Gasteiger partial charge >= 0.3 is 0 Å². The van der Waals surface area contributed by atoms with Gasteiger partial charge in [-0.2, -0.15) is 0 Å². The third-order valence-corrected chi connectivity index (χ3v) is 5.46. The highest BCUT2D eigenvalue weighted by atomic mass is 16.5. The minimum absolute atomic E-state index is 0.0372. The Labute approximate surface area is 190 Å². The van der Waals surface area contributed by atoms with Gasteiger partial charge in [-0.3, -0.25) is 9.59 Å². The summed E-state index contributed by atoms with van der Waals surface area (Å²) in [5.41, 5.74) is 3.07. The van der Waals surface area contributed by atoms with E-state index in [0.717, 1.165) is 22.4 Å². The van der Waals surface area contributed by atoms with Crippen LogP contribution in [0.1, 0.15) is 30.0 Å². The summed E-state index contributed by atoms with van der Waals surface area (Å²) in [5, 5.41) is 2.96. The molecule has 3 rings (SSSR count). The molecule has 3 aromatic carbocycles. The van der Waals surface area contributed by atoms with Gasteiger partial charge in [0.1, 0.15) is 11.8 Å². The number of amides is 2. The Balaban J connectivity index is 1.65. The first-order valence-corrected chi connectivity index (χ1v) is 10.8. The van der Waals surface area contributed by atoms with E-state index in [9.17, 15) is 9.59 Å². The smallest absolute Gasteiger partial charge is 0.242 e. The number of carbonyl (C=O) groups is 2. The maximum atomic E-state index is 13.1. The molecule has 32 heavy (non-hydrogen) atoms. The molecule has 166 valence electrons. The van der Waals surface area contributed by atoms with Crippen LogP contribution in [-0.4, -0.2) is 29.9 Å². The average molecular weight is 431 g/mol. The molecule has 0 aromatic heterocycles. The number of nitrogens with zero attached hydrogens (tertiary/aromatic N) is 1. The zero-order valence-electron chi connectivity index (χ0n) is 18.7. The lowest BCUT2D eigenvalue weighted by molar-refractivity contribution is -0.140. The lowest BCUT2D eigenvalue weighted by Gasteiger charge is -2.29. The van der Waals surface area contributed by atoms with E-state index < -0.39 is 6.04 Å². The molecule has 1 unspecified atom stereocenters. The van der Waals surface area contributed by atoms with Crippen molar-refractivity contribution < 1.29 is 14.3 Å². The molecule has 5 nitrogen and oxygen atoms in total. The Morgan fingerprint density at radius 1 is 0.844 bits per heavy atom. The Hall–Kier alpha value is -3.60. The van der Waals surface area contributed by atoms with Crippen molar-refractivity contribution in [1.82, 2.24) is 10.2 Å². The molecule has 0 bridgehead atoms. The molecule has 0 fully saturated rings. The molecule has 3 aromatic rings. The topological polar surface area (TPSA) is 58.6 Å². The second-order valence-electron chi connectivity index (χ2n) is 7.73. The second-order valence-corrected chi connectivity index (χ2v) is 7.73. The fourth-order valence-electron chi connectivity index (χ4n) is 3.48. The zero-order valence-corrected chi connectivity index (χ0v) is 18.7. The van der Waals surface area contributed by atoms with Crippen molar-refractivity contribution >= 4 is 11.8 Å². The molecule has 5 heteroatoms. The number of hydrogen-bond donors (Lipinski definition) is 1. The van der Waals surface area contributed by atoms with Crippen LogP contribution in [-0.2, 0) is 29.1 Å². The van der Waals surface area contributed by atoms with Gasteiger partial charge in [0, 0.05) is 19.5 Å². The normalized spacial score (nSPS) is 11.4. The lowest BCUT2D eigenvalue weighted by atomic mass is 10.1. The van der Waals surface area contributed by atoms with Crippen LogP contribution >= 0.6 is 0 Å². The molecule has 0 spiro atoms. The van der Waals surface area contributed by atoms with Crippen LogP contribution in [0.2, 0.25) is 0 Å². The van der Waals surface area contributed by atoms with Gasteiger partial charge in [0.15, 0.2) is 0 Å². The van der Waals surface area contributed by atoms with E-state index in [1.54, 1.807) is 18.9 Å². The molecular formula is C27H30N2O3. The van der Waals surface area contributed by atoms with Crippen LogP contribution in [0.15, 0.2) is 84.9 Å². The number of benzene rings is 3. The monoisotopic (exact) mass is 430 g/mol. The number of ether oxygens (including phenoxy) is 1. The number of aryl methyl sites for hydroxylation is 1. The highest BCUT2D eigenvalue weighted by Gasteiger charge is 2.25. The lowest BCUT2D eigenvalue weighted by Crippen LogP contribution is -2.47. The number of nitrogens with one attached hydrogen (secondary N) is 1. The predicted molar refractivity (Wildman–Crippen MR) is 126 cm³/mol. The molecule has 0 aliphatic heterocycles. The minimum atomic E-state index is -0.586. The van der Waals surface area contributed by atoms with E-state index in [1.165, 1.54) is 0 Å². The van der Waals surface area contributed by atoms with Crippen molar-refractivity contribution in [3.63, 3.8) is 0 Å². The zero-order chi connectivity index (χ0) is 22.8. The van der Waals surface area contributed by atoms with Gasteiger partial charge < -0.3 is 15.0 Å². The van der Waals surface area contributed by atoms with Gasteiger partial charge in [-0.25, -0.2) is 0 Å². The Kier molecular flexibility index (Phi) is 8.44. The predicted octanol–water partition coefficient (Wildman–Crippen LogP) is 4.36. The third kappa shape index (κ3) is 6.71. The van der Waals surface area contributed by atoms with E-state index in [0.29, 0.717) is 25.9 Å². The number of rotatable bonds is 10. The first kappa shape index (κ1) is 23.1. The van der Waals surface area contributed by atoms with Gasteiger partial charge in [0.25, 0.3) is 0 Å². The first-order chi connectivity index (χ1) is 15.6. The van der Waals surface area contributed by atoms with E-state index in [-0.39, 0.29) is 11.8 Å². The summed E-state index contributed by atoms with van der Waals surface area (Å²) in [5.74, 6) is 0.557. The standard InChI is InChI=1S/C27H30N2O3/c1-21(27(31)28-19-23-13-16-25(32-2)17-14-23)29(20-24-11-7-4-8-12-24)26(30)18-15-22-9-5-3-6-10-22/h3-14,16-17,21H,15,18-20H2,1-2H3,(H,28,31). The third-order valence-electron chi connectivity index (χ3n) is 5.46. The second kappa shape index (κ2) is 11.7. The van der Waals surface area contributed by atoms with Crippen molar-refractivity contribution in [3.05, 3.63) is 102 Å². The molecule has 1 atom stereocenters. The summed E-state index contributed by atoms with van der Waals surface area (Å²) in [4.78, 5) is 27.7. The quantitative estimate of drug-likeness (QED) is 0.520. The van der Waals surface area contributed by atoms with E-state index in [2.05, 4.69) is 5.32 Å². The average Bonchev–Trinajstić information content (AvgIpc) is 2.85. The van der Waals surface area contributed by atoms with Gasteiger partial charge in [-0.1, -0.05) is 72.8 Å².